The Morgan fingerprint density at radius 2 is 1.56 bits per heavy atom. The van der Waals surface area contributed by atoms with Crippen LogP contribution in [0.4, 0.5) is 0 Å². The minimum atomic E-state index is -0.478. The minimum absolute atomic E-state index is 0.154. The van der Waals surface area contributed by atoms with Crippen LogP contribution in [0.1, 0.15) is 29.7 Å². The third kappa shape index (κ3) is 5.63. The Labute approximate surface area is 163 Å². The largest absolute Gasteiger partial charge is 0.389 e. The third-order valence-electron chi connectivity index (χ3n) is 5.41. The predicted octanol–water partition coefficient (Wildman–Crippen LogP) is 3.10. The number of hydrogen-bond donors (Lipinski definition) is 1. The third-order valence-corrected chi connectivity index (χ3v) is 5.41. The second-order valence-corrected chi connectivity index (χ2v) is 7.37. The highest BCUT2D eigenvalue weighted by molar-refractivity contribution is 5.35. The lowest BCUT2D eigenvalue weighted by molar-refractivity contribution is -0.0143. The van der Waals surface area contributed by atoms with Gasteiger partial charge in [-0.25, -0.2) is 0 Å². The van der Waals surface area contributed by atoms with Crippen LogP contribution in [-0.2, 0) is 4.74 Å². The lowest BCUT2D eigenvalue weighted by Crippen LogP contribution is -2.48. The van der Waals surface area contributed by atoms with Crippen molar-refractivity contribution in [1.82, 2.24) is 9.80 Å². The van der Waals surface area contributed by atoms with Crippen LogP contribution < -0.4 is 0 Å². The van der Waals surface area contributed by atoms with E-state index in [4.69, 9.17) is 4.74 Å². The smallest absolute Gasteiger partial charge is 0.108 e. The van der Waals surface area contributed by atoms with Crippen molar-refractivity contribution in [3.05, 3.63) is 71.3 Å². The van der Waals surface area contributed by atoms with Gasteiger partial charge >= 0.3 is 0 Å². The topological polar surface area (TPSA) is 35.9 Å². The van der Waals surface area contributed by atoms with Gasteiger partial charge < -0.3 is 14.7 Å². The molecular weight excluding hydrogens is 336 g/mol. The van der Waals surface area contributed by atoms with Crippen molar-refractivity contribution < 1.29 is 9.84 Å². The molecule has 1 N–H and O–H groups in total. The number of aryl methyl sites for hydroxylation is 1. The molecule has 0 aliphatic carbocycles. The van der Waals surface area contributed by atoms with Gasteiger partial charge in [0.25, 0.3) is 0 Å². The number of aliphatic hydroxyl groups excluding tert-OH is 1. The zero-order valence-corrected chi connectivity index (χ0v) is 16.6. The average Bonchev–Trinajstić information content (AvgIpc) is 2.71. The van der Waals surface area contributed by atoms with Crippen LogP contribution in [-0.4, -0.2) is 66.9 Å². The average molecular weight is 369 g/mol. The summed E-state index contributed by atoms with van der Waals surface area (Å²) in [6, 6.07) is 18.6. The molecular formula is C23H32N2O2. The van der Waals surface area contributed by atoms with Crippen molar-refractivity contribution in [2.24, 2.45) is 0 Å². The van der Waals surface area contributed by atoms with Gasteiger partial charge in [-0.05, 0) is 30.2 Å². The summed E-state index contributed by atoms with van der Waals surface area (Å²) in [6.45, 7) is 10.6. The van der Waals surface area contributed by atoms with Crippen molar-refractivity contribution in [3.63, 3.8) is 0 Å². The molecule has 4 heteroatoms. The minimum Gasteiger partial charge on any atom is -0.389 e. The van der Waals surface area contributed by atoms with E-state index in [1.165, 1.54) is 5.56 Å². The van der Waals surface area contributed by atoms with E-state index in [1.807, 2.05) is 30.3 Å². The molecule has 2 aromatic rings. The molecule has 3 rings (SSSR count). The summed E-state index contributed by atoms with van der Waals surface area (Å²) in [5.74, 6) is 0. The molecule has 0 unspecified atom stereocenters. The van der Waals surface area contributed by atoms with Crippen LogP contribution in [0.25, 0.3) is 0 Å². The van der Waals surface area contributed by atoms with Gasteiger partial charge in [-0.15, -0.1) is 0 Å². The second kappa shape index (κ2) is 10.00. The Bertz CT molecular complexity index is 684. The highest BCUT2D eigenvalue weighted by atomic mass is 16.5. The molecule has 0 spiro atoms. The standard InChI is InChI=1S/C23H32N2O2/c1-3-24-13-15-25(16-14-24)17-21(26)18-27-23(20-10-5-4-6-11-20)22-12-8-7-9-19(22)2/h4-12,21,23,26H,3,13-18H2,1-2H3/t21-,23+/m1/s1. The highest BCUT2D eigenvalue weighted by Crippen LogP contribution is 2.28. The van der Waals surface area contributed by atoms with E-state index in [0.717, 1.165) is 43.9 Å². The Kier molecular flexibility index (Phi) is 7.41. The Morgan fingerprint density at radius 3 is 2.22 bits per heavy atom. The van der Waals surface area contributed by atoms with Gasteiger partial charge in [0.05, 0.1) is 12.7 Å². The molecule has 27 heavy (non-hydrogen) atoms. The summed E-state index contributed by atoms with van der Waals surface area (Å²) in [4.78, 5) is 4.79. The summed E-state index contributed by atoms with van der Waals surface area (Å²) in [5.41, 5.74) is 3.49. The number of rotatable bonds is 8. The van der Waals surface area contributed by atoms with Crippen molar-refractivity contribution in [1.29, 1.82) is 0 Å². The maximum atomic E-state index is 10.6. The lowest BCUT2D eigenvalue weighted by Gasteiger charge is -2.35. The molecule has 4 nitrogen and oxygen atoms in total. The maximum absolute atomic E-state index is 10.6. The lowest BCUT2D eigenvalue weighted by atomic mass is 9.97. The van der Waals surface area contributed by atoms with Crippen LogP contribution in [0.5, 0.6) is 0 Å². The molecule has 1 fully saturated rings. The van der Waals surface area contributed by atoms with Gasteiger partial charge in [0.15, 0.2) is 0 Å². The molecule has 146 valence electrons. The molecule has 2 aromatic carbocycles. The summed E-state index contributed by atoms with van der Waals surface area (Å²) in [5, 5.41) is 10.6. The summed E-state index contributed by atoms with van der Waals surface area (Å²) < 4.78 is 6.25. The Morgan fingerprint density at radius 1 is 0.926 bits per heavy atom. The molecule has 1 aliphatic heterocycles. The number of hydrogen-bond acceptors (Lipinski definition) is 4. The number of piperazine rings is 1. The van der Waals surface area contributed by atoms with E-state index in [-0.39, 0.29) is 6.10 Å². The van der Waals surface area contributed by atoms with Gasteiger partial charge in [0.2, 0.25) is 0 Å². The van der Waals surface area contributed by atoms with Gasteiger partial charge in [-0.3, -0.25) is 4.90 Å². The fourth-order valence-electron chi connectivity index (χ4n) is 3.72. The van der Waals surface area contributed by atoms with E-state index >= 15 is 0 Å². The highest BCUT2D eigenvalue weighted by Gasteiger charge is 2.21. The number of likely N-dealkylation sites (N-methyl/N-ethyl adjacent to an activating group) is 1. The van der Waals surface area contributed by atoms with Crippen LogP contribution >= 0.6 is 0 Å². The van der Waals surface area contributed by atoms with E-state index in [1.54, 1.807) is 0 Å². The molecule has 0 aromatic heterocycles. The fraction of sp³-hybridized carbons (Fsp3) is 0.478. The monoisotopic (exact) mass is 368 g/mol. The van der Waals surface area contributed by atoms with Gasteiger partial charge in [0, 0.05) is 32.7 Å². The van der Waals surface area contributed by atoms with E-state index in [0.29, 0.717) is 13.2 Å². The zero-order chi connectivity index (χ0) is 19.1. The zero-order valence-electron chi connectivity index (χ0n) is 16.6. The molecule has 1 aliphatic rings. The first-order valence-electron chi connectivity index (χ1n) is 10.0. The first-order chi connectivity index (χ1) is 13.2. The van der Waals surface area contributed by atoms with E-state index in [2.05, 4.69) is 47.9 Å². The van der Waals surface area contributed by atoms with Crippen LogP contribution in [0.3, 0.4) is 0 Å². The van der Waals surface area contributed by atoms with Crippen LogP contribution in [0.15, 0.2) is 54.6 Å². The Hall–Kier alpha value is -1.72. The molecule has 1 heterocycles. The fourth-order valence-corrected chi connectivity index (χ4v) is 3.72. The van der Waals surface area contributed by atoms with Crippen molar-refractivity contribution >= 4 is 0 Å². The van der Waals surface area contributed by atoms with Crippen molar-refractivity contribution in [2.75, 3.05) is 45.9 Å². The van der Waals surface area contributed by atoms with E-state index in [9.17, 15) is 5.11 Å². The molecule has 1 saturated heterocycles. The number of nitrogens with zero attached hydrogens (tertiary/aromatic N) is 2. The maximum Gasteiger partial charge on any atom is 0.108 e. The van der Waals surface area contributed by atoms with Gasteiger partial charge in [-0.2, -0.15) is 0 Å². The van der Waals surface area contributed by atoms with E-state index < -0.39 is 6.10 Å². The number of benzene rings is 2. The molecule has 2 atom stereocenters. The number of aliphatic hydroxyl groups is 1. The Balaban J connectivity index is 1.61. The number of β-amino-alcohol motifs (C(OH)–C–C–N with tert-alkyl or cyclic N) is 1. The SMILES string of the molecule is CCN1CCN(C[C@@H](O)CO[C@@H](c2ccccc2)c2ccccc2C)CC1. The molecule has 0 amide bonds. The predicted molar refractivity (Wildman–Crippen MR) is 110 cm³/mol. The molecule has 0 bridgehead atoms. The van der Waals surface area contributed by atoms with Crippen molar-refractivity contribution in [3.8, 4) is 0 Å². The van der Waals surface area contributed by atoms with Crippen LogP contribution in [0, 0.1) is 6.92 Å². The van der Waals surface area contributed by atoms with Gasteiger partial charge in [0.1, 0.15) is 6.10 Å². The van der Waals surface area contributed by atoms with Gasteiger partial charge in [-0.1, -0.05) is 61.5 Å². The second-order valence-electron chi connectivity index (χ2n) is 7.37. The molecule has 0 radical (unpaired) electrons. The summed E-state index contributed by atoms with van der Waals surface area (Å²) >= 11 is 0. The molecule has 0 saturated carbocycles. The quantitative estimate of drug-likeness (QED) is 0.777. The summed E-state index contributed by atoms with van der Waals surface area (Å²) in [6.07, 6.45) is -0.632. The number of ether oxygens (including phenoxy) is 1. The first-order valence-corrected chi connectivity index (χ1v) is 10.0. The summed E-state index contributed by atoms with van der Waals surface area (Å²) in [7, 11) is 0. The van der Waals surface area contributed by atoms with Crippen molar-refractivity contribution in [2.45, 2.75) is 26.1 Å². The first kappa shape index (κ1) is 20.0. The normalized spacial score (nSPS) is 18.3. The van der Waals surface area contributed by atoms with Crippen LogP contribution in [0.2, 0.25) is 0 Å².